The highest BCUT2D eigenvalue weighted by molar-refractivity contribution is 6.07. The standard InChI is InChI=1S/C27H24N2O5/c1-32-24-15-20(16-25(33-2)26(24)34-3)22-17-28-27(31)29(22)21-11-7-10-19(14-21)23(30)13-12-18-8-5-4-6-9-18/h4-17H,1-3H3,(H,28,31). The lowest BCUT2D eigenvalue weighted by molar-refractivity contribution is 0.104. The molecule has 0 atom stereocenters. The van der Waals surface area contributed by atoms with E-state index in [1.807, 2.05) is 30.3 Å². The van der Waals surface area contributed by atoms with E-state index in [9.17, 15) is 9.59 Å². The first-order valence-corrected chi connectivity index (χ1v) is 10.5. The van der Waals surface area contributed by atoms with E-state index in [0.29, 0.717) is 39.8 Å². The molecule has 0 saturated heterocycles. The van der Waals surface area contributed by atoms with Crippen molar-refractivity contribution in [3.63, 3.8) is 0 Å². The average Bonchev–Trinajstić information content (AvgIpc) is 3.28. The Bertz CT molecular complexity index is 1380. The molecule has 0 aliphatic rings. The summed E-state index contributed by atoms with van der Waals surface area (Å²) in [6.45, 7) is 0. The molecule has 4 rings (SSSR count). The van der Waals surface area contributed by atoms with Gasteiger partial charge in [0.2, 0.25) is 5.75 Å². The van der Waals surface area contributed by atoms with Crippen LogP contribution < -0.4 is 19.9 Å². The van der Waals surface area contributed by atoms with Crippen molar-refractivity contribution >= 4 is 11.9 Å². The van der Waals surface area contributed by atoms with Gasteiger partial charge in [0.15, 0.2) is 17.3 Å². The number of aromatic nitrogens is 2. The number of hydrogen-bond acceptors (Lipinski definition) is 5. The Morgan fingerprint density at radius 1 is 0.882 bits per heavy atom. The first kappa shape index (κ1) is 22.7. The molecule has 34 heavy (non-hydrogen) atoms. The summed E-state index contributed by atoms with van der Waals surface area (Å²) in [5.74, 6) is 1.22. The van der Waals surface area contributed by atoms with E-state index < -0.39 is 0 Å². The second-order valence-electron chi connectivity index (χ2n) is 7.39. The Balaban J connectivity index is 1.74. The Morgan fingerprint density at radius 2 is 1.59 bits per heavy atom. The fourth-order valence-corrected chi connectivity index (χ4v) is 3.70. The van der Waals surface area contributed by atoms with Crippen molar-refractivity contribution in [2.45, 2.75) is 0 Å². The Hall–Kier alpha value is -4.52. The first-order valence-electron chi connectivity index (χ1n) is 10.5. The molecular weight excluding hydrogens is 432 g/mol. The van der Waals surface area contributed by atoms with Gasteiger partial charge in [0.05, 0.1) is 32.7 Å². The van der Waals surface area contributed by atoms with E-state index in [1.54, 1.807) is 48.7 Å². The van der Waals surface area contributed by atoms with Crippen LogP contribution in [0.25, 0.3) is 23.0 Å². The molecule has 0 radical (unpaired) electrons. The van der Waals surface area contributed by atoms with Gasteiger partial charge in [-0.3, -0.25) is 9.36 Å². The summed E-state index contributed by atoms with van der Waals surface area (Å²) in [7, 11) is 4.59. The summed E-state index contributed by atoms with van der Waals surface area (Å²) >= 11 is 0. The van der Waals surface area contributed by atoms with Crippen LogP contribution in [-0.4, -0.2) is 36.7 Å². The number of H-pyrrole nitrogens is 1. The van der Waals surface area contributed by atoms with E-state index in [2.05, 4.69) is 4.98 Å². The number of methoxy groups -OCH3 is 3. The summed E-state index contributed by atoms with van der Waals surface area (Å²) in [4.78, 5) is 28.3. The number of imidazole rings is 1. The average molecular weight is 456 g/mol. The Morgan fingerprint density at radius 3 is 2.24 bits per heavy atom. The third-order valence-electron chi connectivity index (χ3n) is 5.35. The quantitative estimate of drug-likeness (QED) is 0.306. The van der Waals surface area contributed by atoms with Gasteiger partial charge in [-0.1, -0.05) is 48.5 Å². The maximum absolute atomic E-state index is 12.8. The zero-order valence-corrected chi connectivity index (χ0v) is 19.1. The van der Waals surface area contributed by atoms with Crippen LogP contribution in [0.3, 0.4) is 0 Å². The smallest absolute Gasteiger partial charge is 0.330 e. The molecule has 1 heterocycles. The lowest BCUT2D eigenvalue weighted by Crippen LogP contribution is -2.16. The molecule has 0 aliphatic carbocycles. The fourth-order valence-electron chi connectivity index (χ4n) is 3.70. The van der Waals surface area contributed by atoms with Gasteiger partial charge >= 0.3 is 5.69 Å². The number of nitrogens with zero attached hydrogens (tertiary/aromatic N) is 1. The molecule has 7 heteroatoms. The van der Waals surface area contributed by atoms with Gasteiger partial charge in [0, 0.05) is 17.3 Å². The highest BCUT2D eigenvalue weighted by Gasteiger charge is 2.18. The van der Waals surface area contributed by atoms with Crippen LogP contribution in [0.4, 0.5) is 0 Å². The normalized spacial score (nSPS) is 10.9. The highest BCUT2D eigenvalue weighted by atomic mass is 16.5. The molecule has 0 amide bonds. The molecule has 1 aromatic heterocycles. The third kappa shape index (κ3) is 4.49. The van der Waals surface area contributed by atoms with Crippen molar-refractivity contribution in [2.75, 3.05) is 21.3 Å². The largest absolute Gasteiger partial charge is 0.493 e. The highest BCUT2D eigenvalue weighted by Crippen LogP contribution is 2.41. The van der Waals surface area contributed by atoms with Crippen molar-refractivity contribution in [1.29, 1.82) is 0 Å². The molecule has 0 spiro atoms. The van der Waals surface area contributed by atoms with Crippen molar-refractivity contribution in [3.8, 4) is 34.2 Å². The summed E-state index contributed by atoms with van der Waals surface area (Å²) in [5, 5.41) is 0. The minimum atomic E-state index is -0.340. The Labute approximate surface area is 196 Å². The molecule has 3 aromatic carbocycles. The lowest BCUT2D eigenvalue weighted by Gasteiger charge is -2.15. The number of carbonyl (C=O) groups is 1. The number of rotatable bonds is 8. The monoisotopic (exact) mass is 456 g/mol. The Kier molecular flexibility index (Phi) is 6.64. The number of ether oxygens (including phenoxy) is 3. The second kappa shape index (κ2) is 9.95. The van der Waals surface area contributed by atoms with Crippen LogP contribution in [0.1, 0.15) is 15.9 Å². The van der Waals surface area contributed by atoms with E-state index >= 15 is 0 Å². The first-order chi connectivity index (χ1) is 16.5. The van der Waals surface area contributed by atoms with Gasteiger partial charge in [-0.05, 0) is 35.9 Å². The summed E-state index contributed by atoms with van der Waals surface area (Å²) < 4.78 is 17.8. The van der Waals surface area contributed by atoms with Gasteiger partial charge in [-0.25, -0.2) is 4.79 Å². The van der Waals surface area contributed by atoms with E-state index in [-0.39, 0.29) is 11.5 Å². The van der Waals surface area contributed by atoms with Gasteiger partial charge in [0.1, 0.15) is 0 Å². The van der Waals surface area contributed by atoms with E-state index in [0.717, 1.165) is 5.56 Å². The maximum Gasteiger partial charge on any atom is 0.330 e. The van der Waals surface area contributed by atoms with E-state index in [1.165, 1.54) is 32.0 Å². The predicted octanol–water partition coefficient (Wildman–Crippen LogP) is 4.75. The summed E-state index contributed by atoms with van der Waals surface area (Å²) in [5.41, 5.74) is 2.86. The molecule has 0 aliphatic heterocycles. The van der Waals surface area contributed by atoms with Gasteiger partial charge in [0.25, 0.3) is 0 Å². The topological polar surface area (TPSA) is 82.6 Å². The fraction of sp³-hybridized carbons (Fsp3) is 0.111. The molecule has 0 unspecified atom stereocenters. The number of aromatic amines is 1. The number of carbonyl (C=O) groups excluding carboxylic acids is 1. The van der Waals surface area contributed by atoms with Gasteiger partial charge < -0.3 is 19.2 Å². The summed E-state index contributed by atoms with van der Waals surface area (Å²) in [6, 6.07) is 20.0. The molecule has 0 fully saturated rings. The SMILES string of the molecule is COc1cc(-c2c[nH]c(=O)n2-c2cccc(C(=O)C=Cc3ccccc3)c2)cc(OC)c1OC. The number of allylic oxidation sites excluding steroid dienone is 1. The van der Waals surface area contributed by atoms with Gasteiger partial charge in [-0.15, -0.1) is 0 Å². The molecule has 0 saturated carbocycles. The van der Waals surface area contributed by atoms with Crippen LogP contribution in [0, 0.1) is 0 Å². The molecule has 0 bridgehead atoms. The zero-order chi connectivity index (χ0) is 24.1. The number of benzene rings is 3. The zero-order valence-electron chi connectivity index (χ0n) is 19.1. The molecular formula is C27H24N2O5. The van der Waals surface area contributed by atoms with Gasteiger partial charge in [-0.2, -0.15) is 0 Å². The number of ketones is 1. The maximum atomic E-state index is 12.8. The van der Waals surface area contributed by atoms with Crippen LogP contribution in [0.2, 0.25) is 0 Å². The van der Waals surface area contributed by atoms with E-state index in [4.69, 9.17) is 14.2 Å². The predicted molar refractivity (Wildman–Crippen MR) is 131 cm³/mol. The van der Waals surface area contributed by atoms with Crippen molar-refractivity contribution in [2.24, 2.45) is 0 Å². The lowest BCUT2D eigenvalue weighted by atomic mass is 10.1. The number of nitrogens with one attached hydrogen (secondary N) is 1. The minimum absolute atomic E-state index is 0.163. The van der Waals surface area contributed by atoms with Crippen LogP contribution in [-0.2, 0) is 0 Å². The summed E-state index contributed by atoms with van der Waals surface area (Å²) in [6.07, 6.45) is 4.89. The molecule has 7 nitrogen and oxygen atoms in total. The third-order valence-corrected chi connectivity index (χ3v) is 5.35. The molecule has 172 valence electrons. The molecule has 4 aromatic rings. The van der Waals surface area contributed by atoms with Crippen molar-refractivity contribution in [3.05, 3.63) is 101 Å². The molecule has 1 N–H and O–H groups in total. The van der Waals surface area contributed by atoms with Crippen LogP contribution in [0.5, 0.6) is 17.2 Å². The van der Waals surface area contributed by atoms with Crippen LogP contribution >= 0.6 is 0 Å². The minimum Gasteiger partial charge on any atom is -0.493 e. The van der Waals surface area contributed by atoms with Crippen molar-refractivity contribution in [1.82, 2.24) is 9.55 Å². The number of hydrogen-bond donors (Lipinski definition) is 1. The second-order valence-corrected chi connectivity index (χ2v) is 7.39. The van der Waals surface area contributed by atoms with Crippen LogP contribution in [0.15, 0.2) is 83.8 Å². The van der Waals surface area contributed by atoms with Crippen molar-refractivity contribution < 1.29 is 19.0 Å².